The lowest BCUT2D eigenvalue weighted by atomic mass is 9.95. The van der Waals surface area contributed by atoms with Crippen LogP contribution in [-0.2, 0) is 4.74 Å². The third kappa shape index (κ3) is 4.70. The van der Waals surface area contributed by atoms with Crippen molar-refractivity contribution in [3.05, 3.63) is 95.7 Å². The Morgan fingerprint density at radius 3 is 2.53 bits per heavy atom. The first-order valence-electron chi connectivity index (χ1n) is 12.1. The lowest BCUT2D eigenvalue weighted by Crippen LogP contribution is -2.31. The number of ether oxygens (including phenoxy) is 2. The summed E-state index contributed by atoms with van der Waals surface area (Å²) in [6, 6.07) is 24.0. The number of aromatic hydroxyl groups is 1. The summed E-state index contributed by atoms with van der Waals surface area (Å²) in [4.78, 5) is 15.4. The van der Waals surface area contributed by atoms with Crippen LogP contribution in [0.15, 0.2) is 78.9 Å². The molecule has 0 aliphatic carbocycles. The predicted octanol–water partition coefficient (Wildman–Crippen LogP) is 5.93. The largest absolute Gasteiger partial charge is 0.507 e. The Kier molecular flexibility index (Phi) is 6.73. The first kappa shape index (κ1) is 23.6. The molecule has 7 nitrogen and oxygen atoms in total. The molecule has 0 saturated heterocycles. The number of phenols is 1. The number of hydrogen-bond donors (Lipinski definition) is 2. The average molecular weight is 484 g/mol. The highest BCUT2D eigenvalue weighted by Crippen LogP contribution is 2.45. The van der Waals surface area contributed by atoms with Crippen molar-refractivity contribution in [2.45, 2.75) is 32.4 Å². The van der Waals surface area contributed by atoms with Crippen molar-refractivity contribution in [2.24, 2.45) is 0 Å². The summed E-state index contributed by atoms with van der Waals surface area (Å²) in [5.74, 6) is 1.40. The third-order valence-electron chi connectivity index (χ3n) is 6.17. The second-order valence-corrected chi connectivity index (χ2v) is 9.04. The highest BCUT2D eigenvalue weighted by atomic mass is 16.5. The van der Waals surface area contributed by atoms with Gasteiger partial charge in [0.05, 0.1) is 12.1 Å². The topological polar surface area (TPSA) is 87.7 Å². The molecule has 36 heavy (non-hydrogen) atoms. The number of H-pyrrole nitrogens is 1. The highest BCUT2D eigenvalue weighted by molar-refractivity contribution is 6.00. The minimum atomic E-state index is -0.390. The third-order valence-corrected chi connectivity index (χ3v) is 6.17. The minimum Gasteiger partial charge on any atom is -0.507 e. The van der Waals surface area contributed by atoms with E-state index in [1.54, 1.807) is 18.2 Å². The molecule has 1 aromatic heterocycles. The molecule has 1 atom stereocenters. The van der Waals surface area contributed by atoms with Crippen LogP contribution in [0.4, 0.5) is 0 Å². The Morgan fingerprint density at radius 1 is 1.00 bits per heavy atom. The van der Waals surface area contributed by atoms with Crippen LogP contribution < -0.4 is 4.74 Å². The van der Waals surface area contributed by atoms with Crippen molar-refractivity contribution >= 4 is 5.91 Å². The zero-order valence-electron chi connectivity index (χ0n) is 20.3. The number of nitrogens with zero attached hydrogens (tertiary/aromatic N) is 2. The van der Waals surface area contributed by atoms with Crippen molar-refractivity contribution in [3.63, 3.8) is 0 Å². The Bertz CT molecular complexity index is 1350. The number of carbonyl (C=O) groups is 1. The van der Waals surface area contributed by atoms with E-state index in [0.29, 0.717) is 42.3 Å². The molecule has 3 aromatic carbocycles. The monoisotopic (exact) mass is 483 g/mol. The SMILES string of the molecule is CC(C)OCCCN1C(=O)c2[nH]nc(-c3ccccc3O)c2[C@H]1c1cccc(Oc2ccccc2)c1. The minimum absolute atomic E-state index is 0.114. The van der Waals surface area contributed by atoms with Gasteiger partial charge in [0.2, 0.25) is 0 Å². The Labute approximate surface area is 210 Å². The zero-order valence-corrected chi connectivity index (χ0v) is 20.3. The van der Waals surface area contributed by atoms with Gasteiger partial charge < -0.3 is 19.5 Å². The van der Waals surface area contributed by atoms with Crippen molar-refractivity contribution in [1.82, 2.24) is 15.1 Å². The highest BCUT2D eigenvalue weighted by Gasteiger charge is 2.42. The predicted molar refractivity (Wildman–Crippen MR) is 137 cm³/mol. The molecule has 2 N–H and O–H groups in total. The standard InChI is InChI=1S/C29H29N3O4/c1-19(2)35-17-9-16-32-28(20-10-8-13-22(18-20)36-21-11-4-3-5-12-21)25-26(30-31-27(25)29(32)34)23-14-6-7-15-24(23)33/h3-8,10-15,18-19,28,33H,9,16-17H2,1-2H3,(H,30,31)/t28-/m1/s1. The quantitative estimate of drug-likeness (QED) is 0.288. The summed E-state index contributed by atoms with van der Waals surface area (Å²) in [6.45, 7) is 5.07. The van der Waals surface area contributed by atoms with Gasteiger partial charge in [-0.15, -0.1) is 0 Å². The number of fused-ring (bicyclic) bond motifs is 1. The molecule has 0 saturated carbocycles. The smallest absolute Gasteiger partial charge is 0.273 e. The second-order valence-electron chi connectivity index (χ2n) is 9.04. The van der Waals surface area contributed by atoms with Crippen LogP contribution in [0.3, 0.4) is 0 Å². The number of nitrogens with one attached hydrogen (secondary N) is 1. The van der Waals surface area contributed by atoms with E-state index in [4.69, 9.17) is 9.47 Å². The summed E-state index contributed by atoms with van der Waals surface area (Å²) in [5.41, 5.74) is 3.24. The fourth-order valence-electron chi connectivity index (χ4n) is 4.58. The molecule has 7 heteroatoms. The van der Waals surface area contributed by atoms with Crippen LogP contribution in [0.1, 0.15) is 47.9 Å². The molecular formula is C29H29N3O4. The molecular weight excluding hydrogens is 454 g/mol. The van der Waals surface area contributed by atoms with Gasteiger partial charge in [-0.25, -0.2) is 0 Å². The van der Waals surface area contributed by atoms with Crippen LogP contribution in [-0.4, -0.2) is 45.4 Å². The molecule has 0 spiro atoms. The molecule has 0 unspecified atom stereocenters. The second kappa shape index (κ2) is 10.3. The van der Waals surface area contributed by atoms with Crippen LogP contribution in [0, 0.1) is 0 Å². The van der Waals surface area contributed by atoms with E-state index in [9.17, 15) is 9.90 Å². The van der Waals surface area contributed by atoms with E-state index in [2.05, 4.69) is 10.2 Å². The number of rotatable bonds is 9. The van der Waals surface area contributed by atoms with Gasteiger partial charge in [0, 0.05) is 24.3 Å². The molecule has 184 valence electrons. The molecule has 2 heterocycles. The summed E-state index contributed by atoms with van der Waals surface area (Å²) >= 11 is 0. The summed E-state index contributed by atoms with van der Waals surface area (Å²) in [6.07, 6.45) is 0.830. The van der Waals surface area contributed by atoms with Gasteiger partial charge in [-0.1, -0.05) is 42.5 Å². The fraction of sp³-hybridized carbons (Fsp3) is 0.241. The van der Waals surface area contributed by atoms with E-state index in [-0.39, 0.29) is 23.8 Å². The molecule has 1 amide bonds. The van der Waals surface area contributed by atoms with E-state index >= 15 is 0 Å². The van der Waals surface area contributed by atoms with E-state index in [1.807, 2.05) is 79.4 Å². The molecule has 0 bridgehead atoms. The van der Waals surface area contributed by atoms with Gasteiger partial charge >= 0.3 is 0 Å². The Hall–Kier alpha value is -4.10. The van der Waals surface area contributed by atoms with Gasteiger partial charge in [0.1, 0.15) is 28.6 Å². The van der Waals surface area contributed by atoms with Gasteiger partial charge in [0.25, 0.3) is 5.91 Å². The van der Waals surface area contributed by atoms with Crippen molar-refractivity contribution < 1.29 is 19.4 Å². The maximum Gasteiger partial charge on any atom is 0.273 e. The number of aromatic amines is 1. The summed E-state index contributed by atoms with van der Waals surface area (Å²) in [7, 11) is 0. The van der Waals surface area contributed by atoms with E-state index < -0.39 is 0 Å². The van der Waals surface area contributed by atoms with Crippen LogP contribution >= 0.6 is 0 Å². The molecule has 0 radical (unpaired) electrons. The Balaban J connectivity index is 1.54. The van der Waals surface area contributed by atoms with Crippen molar-refractivity contribution in [3.8, 4) is 28.5 Å². The van der Waals surface area contributed by atoms with Gasteiger partial charge in [-0.05, 0) is 62.2 Å². The van der Waals surface area contributed by atoms with Crippen LogP contribution in [0.5, 0.6) is 17.2 Å². The van der Waals surface area contributed by atoms with Crippen LogP contribution in [0.25, 0.3) is 11.3 Å². The first-order valence-corrected chi connectivity index (χ1v) is 12.1. The summed E-state index contributed by atoms with van der Waals surface area (Å²) < 4.78 is 11.8. The number of carbonyl (C=O) groups excluding carboxylic acids is 1. The molecule has 1 aliphatic heterocycles. The van der Waals surface area contributed by atoms with Gasteiger partial charge in [-0.2, -0.15) is 5.10 Å². The van der Waals surface area contributed by atoms with Gasteiger partial charge in [-0.3, -0.25) is 9.89 Å². The number of phenolic OH excluding ortho intramolecular Hbond substituents is 1. The van der Waals surface area contributed by atoms with E-state index in [1.165, 1.54) is 0 Å². The molecule has 0 fully saturated rings. The van der Waals surface area contributed by atoms with Gasteiger partial charge in [0.15, 0.2) is 0 Å². The lowest BCUT2D eigenvalue weighted by molar-refractivity contribution is 0.0601. The van der Waals surface area contributed by atoms with Crippen molar-refractivity contribution in [2.75, 3.05) is 13.2 Å². The maximum atomic E-state index is 13.5. The van der Waals surface area contributed by atoms with E-state index in [0.717, 1.165) is 16.9 Å². The summed E-state index contributed by atoms with van der Waals surface area (Å²) in [5, 5.41) is 17.9. The lowest BCUT2D eigenvalue weighted by Gasteiger charge is -2.27. The first-order chi connectivity index (χ1) is 17.5. The fourth-order valence-corrected chi connectivity index (χ4v) is 4.58. The maximum absolute atomic E-state index is 13.5. The molecule has 1 aliphatic rings. The number of benzene rings is 3. The Morgan fingerprint density at radius 2 is 1.75 bits per heavy atom. The molecule has 4 aromatic rings. The number of para-hydroxylation sites is 2. The molecule has 5 rings (SSSR count). The van der Waals surface area contributed by atoms with Crippen molar-refractivity contribution in [1.29, 1.82) is 0 Å². The average Bonchev–Trinajstić information content (AvgIpc) is 3.41. The number of aromatic nitrogens is 2. The zero-order chi connectivity index (χ0) is 25.1. The normalized spacial score (nSPS) is 14.9. The van der Waals surface area contributed by atoms with Crippen LogP contribution in [0.2, 0.25) is 0 Å². The number of amides is 1. The number of hydrogen-bond acceptors (Lipinski definition) is 5.